The van der Waals surface area contributed by atoms with Crippen molar-refractivity contribution in [2.75, 3.05) is 33.0 Å². The van der Waals surface area contributed by atoms with E-state index in [1.807, 2.05) is 13.8 Å². The first-order chi connectivity index (χ1) is 11.9. The molecule has 1 aliphatic carbocycles. The third kappa shape index (κ3) is 8.97. The van der Waals surface area contributed by atoms with Crippen molar-refractivity contribution >= 4 is 17.6 Å². The number of carbonyl (C=O) groups is 3. The highest BCUT2D eigenvalue weighted by Gasteiger charge is 2.35. The fourth-order valence-electron chi connectivity index (χ4n) is 2.61. The number of rotatable bonds is 13. The topological polar surface area (TPSA) is 93.7 Å². The third-order valence-electron chi connectivity index (χ3n) is 4.21. The third-order valence-corrected chi connectivity index (χ3v) is 4.21. The van der Waals surface area contributed by atoms with E-state index < -0.39 is 0 Å². The van der Waals surface area contributed by atoms with Gasteiger partial charge in [-0.15, -0.1) is 0 Å². The first-order valence-electron chi connectivity index (χ1n) is 9.19. The molecule has 0 atom stereocenters. The van der Waals surface area contributed by atoms with Crippen molar-refractivity contribution in [2.24, 2.45) is 11.8 Å². The molecule has 7 nitrogen and oxygen atoms in total. The van der Waals surface area contributed by atoms with Gasteiger partial charge in [0.15, 0.2) is 0 Å². The maximum Gasteiger partial charge on any atom is 0.222 e. The van der Waals surface area contributed by atoms with Crippen LogP contribution in [-0.4, -0.2) is 56.6 Å². The highest BCUT2D eigenvalue weighted by atomic mass is 16.5. The van der Waals surface area contributed by atoms with E-state index in [1.54, 1.807) is 6.92 Å². The molecule has 7 heteroatoms. The number of hydrogen-bond donors (Lipinski definition) is 2. The summed E-state index contributed by atoms with van der Waals surface area (Å²) in [6.45, 7) is 7.78. The van der Waals surface area contributed by atoms with Gasteiger partial charge in [-0.3, -0.25) is 14.4 Å². The number of nitrogens with one attached hydrogen (secondary N) is 2. The number of carbonyl (C=O) groups excluding carboxylic acids is 3. The van der Waals surface area contributed by atoms with E-state index in [9.17, 15) is 14.4 Å². The fraction of sp³-hybridized carbons (Fsp3) is 0.833. The number of amides is 2. The van der Waals surface area contributed by atoms with Crippen LogP contribution in [0.15, 0.2) is 0 Å². The molecule has 0 unspecified atom stereocenters. The Bertz CT molecular complexity index is 443. The second-order valence-corrected chi connectivity index (χ2v) is 6.67. The molecule has 1 aliphatic rings. The van der Waals surface area contributed by atoms with Gasteiger partial charge in [-0.05, 0) is 12.8 Å². The van der Waals surface area contributed by atoms with Gasteiger partial charge in [0.05, 0.1) is 26.4 Å². The van der Waals surface area contributed by atoms with Crippen LogP contribution < -0.4 is 10.6 Å². The summed E-state index contributed by atoms with van der Waals surface area (Å²) in [5.41, 5.74) is 0. The van der Waals surface area contributed by atoms with Crippen LogP contribution in [0.25, 0.3) is 0 Å². The Morgan fingerprint density at radius 2 is 1.68 bits per heavy atom. The molecule has 2 amide bonds. The molecule has 0 spiro atoms. The minimum absolute atomic E-state index is 0. The summed E-state index contributed by atoms with van der Waals surface area (Å²) in [4.78, 5) is 34.5. The molecule has 0 radical (unpaired) electrons. The van der Waals surface area contributed by atoms with E-state index >= 15 is 0 Å². The van der Waals surface area contributed by atoms with Gasteiger partial charge < -0.3 is 20.1 Å². The van der Waals surface area contributed by atoms with Crippen LogP contribution in [0, 0.1) is 11.8 Å². The Labute approximate surface area is 153 Å². The SMILES string of the molecule is CCC(=O)NCCOCCOCCC(=O)NC1CC(C(=O)C(C)C)C1.[HH].[HH]. The second kappa shape index (κ2) is 12.0. The Balaban J connectivity index is 0. The van der Waals surface area contributed by atoms with Crippen LogP contribution in [0.3, 0.4) is 0 Å². The number of Topliss-reactive ketones (excluding diaryl/α,β-unsaturated/α-hetero) is 1. The largest absolute Gasteiger partial charge is 0.379 e. The monoisotopic (exact) mass is 360 g/mol. The van der Waals surface area contributed by atoms with E-state index in [2.05, 4.69) is 10.6 Å². The Morgan fingerprint density at radius 1 is 1.04 bits per heavy atom. The van der Waals surface area contributed by atoms with Gasteiger partial charge >= 0.3 is 0 Å². The molecule has 0 bridgehead atoms. The Morgan fingerprint density at radius 3 is 2.28 bits per heavy atom. The van der Waals surface area contributed by atoms with Crippen molar-refractivity contribution in [1.82, 2.24) is 10.6 Å². The lowest BCUT2D eigenvalue weighted by Crippen LogP contribution is -2.47. The Hall–Kier alpha value is -1.47. The summed E-state index contributed by atoms with van der Waals surface area (Å²) in [5.74, 6) is 0.449. The van der Waals surface area contributed by atoms with Crippen LogP contribution in [0.2, 0.25) is 0 Å². The predicted octanol–water partition coefficient (Wildman–Crippen LogP) is 1.55. The molecule has 0 aromatic rings. The fourth-order valence-corrected chi connectivity index (χ4v) is 2.61. The molecule has 25 heavy (non-hydrogen) atoms. The molecule has 0 saturated heterocycles. The van der Waals surface area contributed by atoms with Gasteiger partial charge in [-0.1, -0.05) is 20.8 Å². The van der Waals surface area contributed by atoms with Gasteiger partial charge in [0.1, 0.15) is 5.78 Å². The molecule has 1 saturated carbocycles. The lowest BCUT2D eigenvalue weighted by atomic mass is 9.75. The Kier molecular flexibility index (Phi) is 10.3. The summed E-state index contributed by atoms with van der Waals surface area (Å²) < 4.78 is 10.7. The quantitative estimate of drug-likeness (QED) is 0.486. The molecular weight excluding hydrogens is 324 g/mol. The van der Waals surface area contributed by atoms with Crippen molar-refractivity contribution in [2.45, 2.75) is 52.5 Å². The highest BCUT2D eigenvalue weighted by molar-refractivity contribution is 5.84. The van der Waals surface area contributed by atoms with Crippen LogP contribution in [-0.2, 0) is 23.9 Å². The zero-order valence-corrected chi connectivity index (χ0v) is 15.6. The molecule has 0 aliphatic heterocycles. The summed E-state index contributed by atoms with van der Waals surface area (Å²) in [6, 6.07) is 0.127. The normalized spacial score (nSPS) is 19.4. The minimum atomic E-state index is -0.0383. The minimum Gasteiger partial charge on any atom is -0.379 e. The summed E-state index contributed by atoms with van der Waals surface area (Å²) >= 11 is 0. The van der Waals surface area contributed by atoms with E-state index in [-0.39, 0.29) is 32.5 Å². The molecule has 1 fully saturated rings. The number of ether oxygens (including phenoxy) is 2. The standard InChI is InChI=1S/C18H32N2O5.2H2/c1-4-16(21)19-6-8-25-10-9-24-7-5-17(22)20-15-11-14(12-15)18(23)13(2)3;;/h13-15H,4-12H2,1-3H3,(H,19,21)(H,20,22);2*1H. The lowest BCUT2D eigenvalue weighted by molar-refractivity contribution is -0.131. The molecule has 0 aromatic heterocycles. The van der Waals surface area contributed by atoms with Crippen LogP contribution in [0.5, 0.6) is 0 Å². The van der Waals surface area contributed by atoms with Crippen LogP contribution >= 0.6 is 0 Å². The smallest absolute Gasteiger partial charge is 0.222 e. The highest BCUT2D eigenvalue weighted by Crippen LogP contribution is 2.30. The van der Waals surface area contributed by atoms with Gasteiger partial charge in [-0.25, -0.2) is 0 Å². The first kappa shape index (κ1) is 21.6. The van der Waals surface area contributed by atoms with Crippen LogP contribution in [0.4, 0.5) is 0 Å². The van der Waals surface area contributed by atoms with Crippen molar-refractivity contribution in [3.63, 3.8) is 0 Å². The van der Waals surface area contributed by atoms with Crippen molar-refractivity contribution in [3.05, 3.63) is 0 Å². The summed E-state index contributed by atoms with van der Waals surface area (Å²) in [5, 5.41) is 5.65. The van der Waals surface area contributed by atoms with E-state index in [0.717, 1.165) is 12.8 Å². The van der Waals surface area contributed by atoms with Gasteiger partial charge in [0.25, 0.3) is 0 Å². The lowest BCUT2D eigenvalue weighted by Gasteiger charge is -2.35. The first-order valence-corrected chi connectivity index (χ1v) is 9.19. The molecule has 0 heterocycles. The van der Waals surface area contributed by atoms with Gasteiger partial charge in [-0.2, -0.15) is 0 Å². The molecule has 1 rings (SSSR count). The summed E-state index contributed by atoms with van der Waals surface area (Å²) in [6.07, 6.45) is 2.30. The van der Waals surface area contributed by atoms with Crippen molar-refractivity contribution in [3.8, 4) is 0 Å². The van der Waals surface area contributed by atoms with E-state index in [1.165, 1.54) is 0 Å². The van der Waals surface area contributed by atoms with Crippen LogP contribution in [0.1, 0.15) is 49.3 Å². The van der Waals surface area contributed by atoms with Gasteiger partial charge in [0.2, 0.25) is 11.8 Å². The van der Waals surface area contributed by atoms with Crippen molar-refractivity contribution in [1.29, 1.82) is 0 Å². The average molecular weight is 360 g/mol. The van der Waals surface area contributed by atoms with Gasteiger partial charge in [0, 0.05) is 40.1 Å². The molecule has 2 N–H and O–H groups in total. The number of ketones is 1. The van der Waals surface area contributed by atoms with E-state index in [0.29, 0.717) is 51.6 Å². The molecule has 0 aromatic carbocycles. The predicted molar refractivity (Wildman–Crippen MR) is 98.3 cm³/mol. The second-order valence-electron chi connectivity index (χ2n) is 6.67. The molecule has 148 valence electrons. The zero-order valence-electron chi connectivity index (χ0n) is 15.6. The van der Waals surface area contributed by atoms with E-state index in [4.69, 9.17) is 9.47 Å². The maximum absolute atomic E-state index is 11.8. The number of hydrogen-bond acceptors (Lipinski definition) is 5. The maximum atomic E-state index is 11.8. The zero-order chi connectivity index (χ0) is 18.7. The average Bonchev–Trinajstić information content (AvgIpc) is 2.55. The van der Waals surface area contributed by atoms with Crippen molar-refractivity contribution < 1.29 is 26.7 Å². The summed E-state index contributed by atoms with van der Waals surface area (Å²) in [7, 11) is 0. The molecular formula is C18H36N2O5.